The highest BCUT2D eigenvalue weighted by Crippen LogP contribution is 2.36. The molecule has 1 N–H and O–H groups in total. The zero-order chi connectivity index (χ0) is 18.7. The van der Waals surface area contributed by atoms with Gasteiger partial charge in [-0.05, 0) is 61.9 Å². The highest BCUT2D eigenvalue weighted by Gasteiger charge is 2.33. The highest BCUT2D eigenvalue weighted by molar-refractivity contribution is 8.27. The summed E-state index contributed by atoms with van der Waals surface area (Å²) >= 11 is 6.66. The van der Waals surface area contributed by atoms with Crippen molar-refractivity contribution in [3.05, 3.63) is 59.0 Å². The molecular formula is C20H20N2O2S2. The lowest BCUT2D eigenvalue weighted by molar-refractivity contribution is -0.113. The number of anilines is 2. The van der Waals surface area contributed by atoms with E-state index in [1.165, 1.54) is 22.3 Å². The fourth-order valence-corrected chi connectivity index (χ4v) is 4.11. The van der Waals surface area contributed by atoms with E-state index in [2.05, 4.69) is 30.9 Å². The first-order valence-electron chi connectivity index (χ1n) is 8.45. The molecule has 0 atom stereocenters. The van der Waals surface area contributed by atoms with Crippen molar-refractivity contribution in [3.63, 3.8) is 0 Å². The number of carbonyl (C=O) groups excluding carboxylic acids is 1. The van der Waals surface area contributed by atoms with E-state index in [1.807, 2.05) is 18.2 Å². The molecular weight excluding hydrogens is 364 g/mol. The van der Waals surface area contributed by atoms with Gasteiger partial charge in [-0.25, -0.2) is 0 Å². The van der Waals surface area contributed by atoms with Gasteiger partial charge >= 0.3 is 0 Å². The largest absolute Gasteiger partial charge is 0.508 e. The summed E-state index contributed by atoms with van der Waals surface area (Å²) in [6.07, 6.45) is 1.87. The van der Waals surface area contributed by atoms with Crippen LogP contribution in [0.3, 0.4) is 0 Å². The predicted molar refractivity (Wildman–Crippen MR) is 114 cm³/mol. The minimum Gasteiger partial charge on any atom is -0.508 e. The second-order valence-corrected chi connectivity index (χ2v) is 7.47. The van der Waals surface area contributed by atoms with E-state index in [9.17, 15) is 9.90 Å². The molecule has 1 saturated heterocycles. The Morgan fingerprint density at radius 2 is 1.69 bits per heavy atom. The van der Waals surface area contributed by atoms with Crippen LogP contribution < -0.4 is 9.80 Å². The van der Waals surface area contributed by atoms with Crippen molar-refractivity contribution in [1.82, 2.24) is 0 Å². The van der Waals surface area contributed by atoms with Crippen molar-refractivity contribution in [1.29, 1.82) is 0 Å². The maximum absolute atomic E-state index is 12.8. The Kier molecular flexibility index (Phi) is 5.64. The van der Waals surface area contributed by atoms with Crippen LogP contribution in [0.2, 0.25) is 0 Å². The van der Waals surface area contributed by atoms with Gasteiger partial charge in [0.25, 0.3) is 5.91 Å². The number of carbonyl (C=O) groups is 1. The number of phenols is 1. The molecule has 6 heteroatoms. The summed E-state index contributed by atoms with van der Waals surface area (Å²) in [7, 11) is 0. The number of benzene rings is 2. The molecule has 0 radical (unpaired) electrons. The molecule has 1 amide bonds. The predicted octanol–water partition coefficient (Wildman–Crippen LogP) is 4.64. The van der Waals surface area contributed by atoms with Crippen molar-refractivity contribution in [2.24, 2.45) is 0 Å². The van der Waals surface area contributed by atoms with Crippen LogP contribution in [0, 0.1) is 0 Å². The maximum Gasteiger partial charge on any atom is 0.270 e. The van der Waals surface area contributed by atoms with E-state index in [1.54, 1.807) is 24.3 Å². The number of aromatic hydroxyl groups is 1. The second kappa shape index (κ2) is 7.93. The lowest BCUT2D eigenvalue weighted by atomic mass is 10.1. The summed E-state index contributed by atoms with van der Waals surface area (Å²) in [4.78, 5) is 17.1. The van der Waals surface area contributed by atoms with E-state index >= 15 is 0 Å². The summed E-state index contributed by atoms with van der Waals surface area (Å²) in [6.45, 7) is 6.18. The standard InChI is InChI=1S/C20H20N2O2S2/c1-3-21(4-2)15-7-5-14(6-8-15)13-18-19(24)22(20(25)26-18)16-9-11-17(23)12-10-16/h5-13,23H,3-4H2,1-2H3/b18-13+. The number of amides is 1. The molecule has 134 valence electrons. The summed E-state index contributed by atoms with van der Waals surface area (Å²) in [5.74, 6) is 0.0153. The van der Waals surface area contributed by atoms with Gasteiger partial charge in [0.15, 0.2) is 4.32 Å². The molecule has 0 saturated carbocycles. The number of thioether (sulfide) groups is 1. The van der Waals surface area contributed by atoms with Crippen LogP contribution in [0.15, 0.2) is 53.4 Å². The van der Waals surface area contributed by atoms with Crippen molar-refractivity contribution in [2.75, 3.05) is 22.9 Å². The molecule has 0 unspecified atom stereocenters. The van der Waals surface area contributed by atoms with Gasteiger partial charge in [0.05, 0.1) is 10.6 Å². The quantitative estimate of drug-likeness (QED) is 0.601. The molecule has 1 aliphatic rings. The summed E-state index contributed by atoms with van der Waals surface area (Å²) in [5.41, 5.74) is 2.79. The molecule has 1 aliphatic heterocycles. The third-order valence-electron chi connectivity index (χ3n) is 4.22. The van der Waals surface area contributed by atoms with Gasteiger partial charge in [0, 0.05) is 18.8 Å². The number of thiocarbonyl (C=S) groups is 1. The third kappa shape index (κ3) is 3.76. The Bertz CT molecular complexity index is 841. The Hall–Kier alpha value is -2.31. The van der Waals surface area contributed by atoms with Crippen LogP contribution in [-0.4, -0.2) is 28.4 Å². The fourth-order valence-electron chi connectivity index (χ4n) is 2.81. The van der Waals surface area contributed by atoms with Gasteiger partial charge in [0.1, 0.15) is 5.75 Å². The van der Waals surface area contributed by atoms with Crippen LogP contribution in [0.5, 0.6) is 5.75 Å². The zero-order valence-electron chi connectivity index (χ0n) is 14.7. The first-order chi connectivity index (χ1) is 12.5. The molecule has 2 aromatic carbocycles. The van der Waals surface area contributed by atoms with Crippen LogP contribution in [0.1, 0.15) is 19.4 Å². The topological polar surface area (TPSA) is 43.8 Å². The maximum atomic E-state index is 12.8. The molecule has 0 aromatic heterocycles. The lowest BCUT2D eigenvalue weighted by Crippen LogP contribution is -2.27. The fraction of sp³-hybridized carbons (Fsp3) is 0.200. The highest BCUT2D eigenvalue weighted by atomic mass is 32.2. The molecule has 1 heterocycles. The van der Waals surface area contributed by atoms with Crippen molar-refractivity contribution >= 4 is 51.7 Å². The molecule has 2 aromatic rings. The first kappa shape index (κ1) is 18.5. The van der Waals surface area contributed by atoms with Gasteiger partial charge in [-0.3, -0.25) is 9.69 Å². The monoisotopic (exact) mass is 384 g/mol. The Morgan fingerprint density at radius 1 is 1.08 bits per heavy atom. The molecule has 0 bridgehead atoms. The van der Waals surface area contributed by atoms with Gasteiger partial charge in [-0.1, -0.05) is 36.1 Å². The molecule has 0 aliphatic carbocycles. The number of phenolic OH excluding ortho intramolecular Hbond substituents is 1. The van der Waals surface area contributed by atoms with Crippen molar-refractivity contribution in [3.8, 4) is 5.75 Å². The molecule has 26 heavy (non-hydrogen) atoms. The van der Waals surface area contributed by atoms with E-state index in [4.69, 9.17) is 12.2 Å². The SMILES string of the molecule is CCN(CC)c1ccc(/C=C2/SC(=S)N(c3ccc(O)cc3)C2=O)cc1. The van der Waals surface area contributed by atoms with E-state index in [0.717, 1.165) is 18.7 Å². The molecule has 4 nitrogen and oxygen atoms in total. The van der Waals surface area contributed by atoms with Gasteiger partial charge in [0.2, 0.25) is 0 Å². The van der Waals surface area contributed by atoms with E-state index in [-0.39, 0.29) is 11.7 Å². The molecule has 0 spiro atoms. The average Bonchev–Trinajstić information content (AvgIpc) is 2.92. The van der Waals surface area contributed by atoms with Gasteiger partial charge in [-0.15, -0.1) is 0 Å². The third-order valence-corrected chi connectivity index (χ3v) is 5.52. The average molecular weight is 385 g/mol. The zero-order valence-corrected chi connectivity index (χ0v) is 16.3. The Balaban J connectivity index is 1.82. The minimum atomic E-state index is -0.140. The minimum absolute atomic E-state index is 0.140. The van der Waals surface area contributed by atoms with E-state index in [0.29, 0.717) is 14.9 Å². The summed E-state index contributed by atoms with van der Waals surface area (Å²) < 4.78 is 0.492. The van der Waals surface area contributed by atoms with Crippen LogP contribution >= 0.6 is 24.0 Å². The Labute approximate surface area is 163 Å². The van der Waals surface area contributed by atoms with Crippen LogP contribution in [-0.2, 0) is 4.79 Å². The second-order valence-electron chi connectivity index (χ2n) is 5.80. The first-order valence-corrected chi connectivity index (χ1v) is 9.68. The summed E-state index contributed by atoms with van der Waals surface area (Å²) in [5, 5.41) is 9.42. The van der Waals surface area contributed by atoms with Gasteiger partial charge in [-0.2, -0.15) is 0 Å². The van der Waals surface area contributed by atoms with Crippen LogP contribution in [0.4, 0.5) is 11.4 Å². The normalized spacial score (nSPS) is 15.8. The smallest absolute Gasteiger partial charge is 0.270 e. The number of hydrogen-bond acceptors (Lipinski definition) is 5. The Morgan fingerprint density at radius 3 is 2.27 bits per heavy atom. The number of hydrogen-bond donors (Lipinski definition) is 1. The van der Waals surface area contributed by atoms with Crippen LogP contribution in [0.25, 0.3) is 6.08 Å². The number of rotatable bonds is 5. The van der Waals surface area contributed by atoms with Gasteiger partial charge < -0.3 is 10.0 Å². The number of nitrogens with zero attached hydrogens (tertiary/aromatic N) is 2. The summed E-state index contributed by atoms with van der Waals surface area (Å²) in [6, 6.07) is 14.6. The molecule has 3 rings (SSSR count). The molecule has 1 fully saturated rings. The lowest BCUT2D eigenvalue weighted by Gasteiger charge is -2.20. The van der Waals surface area contributed by atoms with Crippen molar-refractivity contribution in [2.45, 2.75) is 13.8 Å². The van der Waals surface area contributed by atoms with Crippen molar-refractivity contribution < 1.29 is 9.90 Å². The van der Waals surface area contributed by atoms with E-state index < -0.39 is 0 Å².